The van der Waals surface area contributed by atoms with E-state index in [1.807, 2.05) is 6.92 Å². The molecule has 1 aliphatic carbocycles. The molecule has 0 bridgehead atoms. The van der Waals surface area contributed by atoms with Crippen molar-refractivity contribution < 1.29 is 22.3 Å². The van der Waals surface area contributed by atoms with Crippen molar-refractivity contribution >= 4 is 15.9 Å². The Balaban J connectivity index is 1.87. The molecule has 0 spiro atoms. The molecule has 1 amide bonds. The molecular weight excluding hydrogens is 323 g/mol. The minimum absolute atomic E-state index is 0.00535. The Labute approximate surface area is 135 Å². The van der Waals surface area contributed by atoms with Gasteiger partial charge >= 0.3 is 0 Å². The van der Waals surface area contributed by atoms with E-state index in [0.29, 0.717) is 12.5 Å². The van der Waals surface area contributed by atoms with Gasteiger partial charge in [0.15, 0.2) is 11.6 Å². The first-order chi connectivity index (χ1) is 10.7. The van der Waals surface area contributed by atoms with Crippen molar-refractivity contribution in [3.63, 3.8) is 0 Å². The van der Waals surface area contributed by atoms with Crippen LogP contribution in [0.5, 0.6) is 5.75 Å². The smallest absolute Gasteiger partial charge is 0.238 e. The number of nitrogens with zero attached hydrogens (tertiary/aromatic N) is 1. The summed E-state index contributed by atoms with van der Waals surface area (Å²) in [5, 5.41) is 4.93. The van der Waals surface area contributed by atoms with E-state index in [-0.39, 0.29) is 29.1 Å². The first-order valence-electron chi connectivity index (χ1n) is 7.40. The second kappa shape index (κ2) is 6.84. The van der Waals surface area contributed by atoms with Crippen LogP contribution in [-0.2, 0) is 14.8 Å². The minimum Gasteiger partial charge on any atom is -0.489 e. The maximum absolute atomic E-state index is 13.8. The van der Waals surface area contributed by atoms with Crippen molar-refractivity contribution in [3.8, 4) is 5.75 Å². The molecule has 1 unspecified atom stereocenters. The van der Waals surface area contributed by atoms with E-state index < -0.39 is 15.8 Å². The summed E-state index contributed by atoms with van der Waals surface area (Å²) in [6.45, 7) is 2.36. The molecule has 0 radical (unpaired) electrons. The molecule has 0 aromatic heterocycles. The standard InChI is InChI=1S/C15H21FN2O4S/c1-10(11-3-4-11)15(19)18(2)7-8-22-14-6-5-12(9-13(14)16)23(17,20)21/h5-6,9-11H,3-4,7-8H2,1-2H3,(H2,17,20,21). The Kier molecular flexibility index (Phi) is 5.26. The second-order valence-corrected chi connectivity index (χ2v) is 7.43. The van der Waals surface area contributed by atoms with Gasteiger partial charge in [-0.15, -0.1) is 0 Å². The third-order valence-corrected chi connectivity index (χ3v) is 4.92. The van der Waals surface area contributed by atoms with Crippen LogP contribution < -0.4 is 9.88 Å². The Morgan fingerprint density at radius 2 is 2.13 bits per heavy atom. The van der Waals surface area contributed by atoms with Crippen LogP contribution >= 0.6 is 0 Å². The molecule has 8 heteroatoms. The predicted molar refractivity (Wildman–Crippen MR) is 82.8 cm³/mol. The van der Waals surface area contributed by atoms with Crippen LogP contribution in [0.25, 0.3) is 0 Å². The molecule has 0 saturated heterocycles. The molecule has 1 saturated carbocycles. The van der Waals surface area contributed by atoms with Gasteiger partial charge in [-0.3, -0.25) is 4.79 Å². The van der Waals surface area contributed by atoms with Crippen LogP contribution in [0.4, 0.5) is 4.39 Å². The summed E-state index contributed by atoms with van der Waals surface area (Å²) in [6, 6.07) is 3.20. The number of ether oxygens (including phenoxy) is 1. The monoisotopic (exact) mass is 344 g/mol. The van der Waals surface area contributed by atoms with Crippen molar-refractivity contribution in [2.75, 3.05) is 20.2 Å². The fraction of sp³-hybridized carbons (Fsp3) is 0.533. The second-order valence-electron chi connectivity index (χ2n) is 5.87. The highest BCUT2D eigenvalue weighted by molar-refractivity contribution is 7.89. The van der Waals surface area contributed by atoms with Crippen molar-refractivity contribution in [2.24, 2.45) is 17.0 Å². The summed E-state index contributed by atoms with van der Waals surface area (Å²) < 4.78 is 41.3. The maximum Gasteiger partial charge on any atom is 0.238 e. The van der Waals surface area contributed by atoms with E-state index in [1.165, 1.54) is 12.1 Å². The first kappa shape index (κ1) is 17.7. The highest BCUT2D eigenvalue weighted by Crippen LogP contribution is 2.37. The zero-order chi connectivity index (χ0) is 17.2. The van der Waals surface area contributed by atoms with Gasteiger partial charge in [0.2, 0.25) is 15.9 Å². The number of primary sulfonamides is 1. The van der Waals surface area contributed by atoms with Gasteiger partial charge in [-0.2, -0.15) is 0 Å². The van der Waals surface area contributed by atoms with Crippen molar-refractivity contribution in [1.29, 1.82) is 0 Å². The highest BCUT2D eigenvalue weighted by Gasteiger charge is 2.33. The molecule has 23 heavy (non-hydrogen) atoms. The molecule has 128 valence electrons. The number of nitrogens with two attached hydrogens (primary N) is 1. The van der Waals surface area contributed by atoms with E-state index in [2.05, 4.69) is 0 Å². The fourth-order valence-electron chi connectivity index (χ4n) is 2.32. The summed E-state index contributed by atoms with van der Waals surface area (Å²) >= 11 is 0. The van der Waals surface area contributed by atoms with Crippen molar-refractivity contribution in [2.45, 2.75) is 24.7 Å². The Morgan fingerprint density at radius 3 is 2.65 bits per heavy atom. The molecule has 1 aromatic carbocycles. The molecule has 6 nitrogen and oxygen atoms in total. The normalized spacial score (nSPS) is 16.0. The third-order valence-electron chi connectivity index (χ3n) is 4.01. The lowest BCUT2D eigenvalue weighted by atomic mass is 10.1. The van der Waals surface area contributed by atoms with E-state index >= 15 is 0 Å². The summed E-state index contributed by atoms with van der Waals surface area (Å²) in [6.07, 6.45) is 2.19. The molecule has 1 atom stereocenters. The molecule has 0 heterocycles. The fourth-order valence-corrected chi connectivity index (χ4v) is 2.85. The number of carbonyl (C=O) groups is 1. The van der Waals surface area contributed by atoms with Gasteiger partial charge in [0.1, 0.15) is 6.61 Å². The Morgan fingerprint density at radius 1 is 1.48 bits per heavy atom. The third kappa shape index (κ3) is 4.65. The van der Waals surface area contributed by atoms with Crippen LogP contribution in [0.1, 0.15) is 19.8 Å². The van der Waals surface area contributed by atoms with Gasteiger partial charge in [0, 0.05) is 13.0 Å². The zero-order valence-electron chi connectivity index (χ0n) is 13.2. The van der Waals surface area contributed by atoms with E-state index in [9.17, 15) is 17.6 Å². The highest BCUT2D eigenvalue weighted by atomic mass is 32.2. The SMILES string of the molecule is CC(C(=O)N(C)CCOc1ccc(S(N)(=O)=O)cc1F)C1CC1. The molecule has 1 aliphatic rings. The first-order valence-corrected chi connectivity index (χ1v) is 8.95. The number of benzene rings is 1. The van der Waals surface area contributed by atoms with E-state index in [4.69, 9.17) is 9.88 Å². The maximum atomic E-state index is 13.8. The minimum atomic E-state index is -3.95. The van der Waals surface area contributed by atoms with Crippen LogP contribution in [-0.4, -0.2) is 39.4 Å². The molecule has 1 fully saturated rings. The number of hydrogen-bond acceptors (Lipinski definition) is 4. The number of hydrogen-bond donors (Lipinski definition) is 1. The summed E-state index contributed by atoms with van der Waals surface area (Å²) in [5.41, 5.74) is 0. The van der Waals surface area contributed by atoms with Crippen LogP contribution in [0.3, 0.4) is 0 Å². The summed E-state index contributed by atoms with van der Waals surface area (Å²) in [4.78, 5) is 13.4. The van der Waals surface area contributed by atoms with Gasteiger partial charge in [-0.05, 0) is 37.0 Å². The average Bonchev–Trinajstić information content (AvgIpc) is 3.30. The zero-order valence-corrected chi connectivity index (χ0v) is 14.0. The van der Waals surface area contributed by atoms with Crippen molar-refractivity contribution in [3.05, 3.63) is 24.0 Å². The Hall–Kier alpha value is -1.67. The average molecular weight is 344 g/mol. The van der Waals surface area contributed by atoms with Crippen LogP contribution in [0.15, 0.2) is 23.1 Å². The largest absolute Gasteiger partial charge is 0.489 e. The van der Waals surface area contributed by atoms with Gasteiger partial charge in [0.25, 0.3) is 0 Å². The number of likely N-dealkylation sites (N-methyl/N-ethyl adjacent to an activating group) is 1. The lowest BCUT2D eigenvalue weighted by molar-refractivity contribution is -0.134. The van der Waals surface area contributed by atoms with Gasteiger partial charge in [-0.25, -0.2) is 17.9 Å². The van der Waals surface area contributed by atoms with Crippen molar-refractivity contribution in [1.82, 2.24) is 4.90 Å². The van der Waals surface area contributed by atoms with Gasteiger partial charge < -0.3 is 9.64 Å². The lowest BCUT2D eigenvalue weighted by Gasteiger charge is -2.21. The number of amides is 1. The molecule has 1 aromatic rings. The van der Waals surface area contributed by atoms with E-state index in [1.54, 1.807) is 11.9 Å². The van der Waals surface area contributed by atoms with Crippen LogP contribution in [0, 0.1) is 17.7 Å². The topological polar surface area (TPSA) is 89.7 Å². The van der Waals surface area contributed by atoms with Gasteiger partial charge in [-0.1, -0.05) is 6.92 Å². The quantitative estimate of drug-likeness (QED) is 0.809. The number of carbonyl (C=O) groups excluding carboxylic acids is 1. The summed E-state index contributed by atoms with van der Waals surface area (Å²) in [7, 11) is -2.26. The predicted octanol–water partition coefficient (Wildman–Crippen LogP) is 1.36. The number of halogens is 1. The lowest BCUT2D eigenvalue weighted by Crippen LogP contribution is -2.35. The Bertz CT molecular complexity index is 689. The molecule has 2 N–H and O–H groups in total. The van der Waals surface area contributed by atoms with Crippen LogP contribution in [0.2, 0.25) is 0 Å². The van der Waals surface area contributed by atoms with E-state index in [0.717, 1.165) is 18.9 Å². The molecule has 0 aliphatic heterocycles. The summed E-state index contributed by atoms with van der Waals surface area (Å²) in [5.74, 6) is -0.341. The number of sulfonamides is 1. The molecule has 2 rings (SSSR count). The van der Waals surface area contributed by atoms with Gasteiger partial charge in [0.05, 0.1) is 11.4 Å². The molecular formula is C15H21FN2O4S. The number of rotatable bonds is 7.